The lowest BCUT2D eigenvalue weighted by Crippen LogP contribution is -2.34. The standard InChI is InChI=1S/C13H15N5O6/c14-10-6-7(20)4(11(15)23)1-18(12(6)17-3-16-10)13-9(22)8(21)5(2-19)24-13/h1,3,5,8-9,13,19,21-22H,2H2,(H2,15,23)(H2,14,16,17)/t5-,8+,9-,13+/m0/s1. The average molecular weight is 337 g/mol. The lowest BCUT2D eigenvalue weighted by molar-refractivity contribution is -0.0511. The second kappa shape index (κ2) is 5.79. The molecule has 0 aliphatic carbocycles. The van der Waals surface area contributed by atoms with Crippen molar-refractivity contribution >= 4 is 22.8 Å². The summed E-state index contributed by atoms with van der Waals surface area (Å²) < 4.78 is 6.57. The van der Waals surface area contributed by atoms with E-state index >= 15 is 0 Å². The van der Waals surface area contributed by atoms with Crippen molar-refractivity contribution < 1.29 is 24.9 Å². The fourth-order valence-electron chi connectivity index (χ4n) is 2.68. The molecule has 0 aromatic carbocycles. The number of aromatic nitrogens is 3. The monoisotopic (exact) mass is 337 g/mol. The van der Waals surface area contributed by atoms with Crippen LogP contribution in [0.2, 0.25) is 0 Å². The molecule has 0 radical (unpaired) electrons. The molecule has 0 bridgehead atoms. The summed E-state index contributed by atoms with van der Waals surface area (Å²) in [6.45, 7) is -0.535. The van der Waals surface area contributed by atoms with Crippen LogP contribution in [0.25, 0.3) is 11.0 Å². The summed E-state index contributed by atoms with van der Waals surface area (Å²) in [6, 6.07) is 0. The number of pyridine rings is 1. The number of carbonyl (C=O) groups excluding carboxylic acids is 1. The van der Waals surface area contributed by atoms with Gasteiger partial charge in [0.15, 0.2) is 11.9 Å². The number of hydrogen-bond acceptors (Lipinski definition) is 9. The van der Waals surface area contributed by atoms with E-state index in [-0.39, 0.29) is 16.9 Å². The Morgan fingerprint density at radius 2 is 2.04 bits per heavy atom. The lowest BCUT2D eigenvalue weighted by atomic mass is 10.1. The molecule has 24 heavy (non-hydrogen) atoms. The molecule has 0 unspecified atom stereocenters. The number of amides is 1. The summed E-state index contributed by atoms with van der Waals surface area (Å²) in [5, 5.41) is 29.1. The van der Waals surface area contributed by atoms with Gasteiger partial charge in [-0.05, 0) is 0 Å². The molecule has 4 atom stereocenters. The Bertz CT molecular complexity index is 868. The molecular formula is C13H15N5O6. The van der Waals surface area contributed by atoms with Crippen molar-refractivity contribution in [2.75, 3.05) is 12.3 Å². The van der Waals surface area contributed by atoms with Gasteiger partial charge in [-0.15, -0.1) is 0 Å². The highest BCUT2D eigenvalue weighted by atomic mass is 16.6. The van der Waals surface area contributed by atoms with Crippen molar-refractivity contribution in [3.63, 3.8) is 0 Å². The quantitative estimate of drug-likeness (QED) is 0.391. The SMILES string of the molecule is NC(=O)c1cn([C@@H]2O[C@@H](CO)[C@@H](O)[C@@H]2O)c2ncnc(N)c2c1=O. The first-order chi connectivity index (χ1) is 11.4. The van der Waals surface area contributed by atoms with Crippen molar-refractivity contribution in [2.24, 2.45) is 5.73 Å². The van der Waals surface area contributed by atoms with Crippen LogP contribution in [-0.4, -0.2) is 60.7 Å². The maximum Gasteiger partial charge on any atom is 0.254 e. The zero-order valence-corrected chi connectivity index (χ0v) is 12.2. The molecule has 1 aliphatic rings. The smallest absolute Gasteiger partial charge is 0.254 e. The highest BCUT2D eigenvalue weighted by Crippen LogP contribution is 2.31. The van der Waals surface area contributed by atoms with Gasteiger partial charge in [0.05, 0.1) is 6.61 Å². The largest absolute Gasteiger partial charge is 0.394 e. The minimum absolute atomic E-state index is 0.00709. The van der Waals surface area contributed by atoms with Crippen LogP contribution in [0.4, 0.5) is 5.82 Å². The van der Waals surface area contributed by atoms with Crippen LogP contribution in [-0.2, 0) is 4.74 Å². The molecule has 3 heterocycles. The van der Waals surface area contributed by atoms with Gasteiger partial charge in [-0.2, -0.15) is 0 Å². The van der Waals surface area contributed by atoms with E-state index in [2.05, 4.69) is 9.97 Å². The van der Waals surface area contributed by atoms with Gasteiger partial charge >= 0.3 is 0 Å². The fraction of sp³-hybridized carbons (Fsp3) is 0.385. The van der Waals surface area contributed by atoms with Crippen molar-refractivity contribution in [2.45, 2.75) is 24.5 Å². The third kappa shape index (κ3) is 2.30. The number of nitrogens with zero attached hydrogens (tertiary/aromatic N) is 3. The van der Waals surface area contributed by atoms with Crippen molar-refractivity contribution in [1.82, 2.24) is 14.5 Å². The Hall–Kier alpha value is -2.60. The Labute approximate surface area is 134 Å². The van der Waals surface area contributed by atoms with Crippen LogP contribution in [0.1, 0.15) is 16.6 Å². The molecule has 1 amide bonds. The summed E-state index contributed by atoms with van der Waals surface area (Å²) in [4.78, 5) is 31.6. The summed E-state index contributed by atoms with van der Waals surface area (Å²) in [5.41, 5.74) is 9.75. The third-order valence-electron chi connectivity index (χ3n) is 3.90. The predicted molar refractivity (Wildman–Crippen MR) is 79.7 cm³/mol. The molecule has 2 aromatic heterocycles. The summed E-state index contributed by atoms with van der Waals surface area (Å²) in [7, 11) is 0. The van der Waals surface area contributed by atoms with E-state index in [9.17, 15) is 24.9 Å². The Morgan fingerprint density at radius 3 is 2.62 bits per heavy atom. The Morgan fingerprint density at radius 1 is 1.33 bits per heavy atom. The fourth-order valence-corrected chi connectivity index (χ4v) is 2.68. The van der Waals surface area contributed by atoms with Crippen LogP contribution in [0.5, 0.6) is 0 Å². The topological polar surface area (TPSA) is 187 Å². The molecule has 2 aromatic rings. The van der Waals surface area contributed by atoms with Gasteiger partial charge < -0.3 is 36.1 Å². The molecular weight excluding hydrogens is 322 g/mol. The number of ether oxygens (including phenoxy) is 1. The molecule has 3 rings (SSSR count). The van der Waals surface area contributed by atoms with E-state index in [1.165, 1.54) is 4.57 Å². The number of rotatable bonds is 3. The summed E-state index contributed by atoms with van der Waals surface area (Å²) in [6.07, 6.45) is -2.91. The highest BCUT2D eigenvalue weighted by Gasteiger charge is 2.44. The van der Waals surface area contributed by atoms with Crippen LogP contribution in [0.15, 0.2) is 17.3 Å². The van der Waals surface area contributed by atoms with E-state index in [0.29, 0.717) is 0 Å². The van der Waals surface area contributed by atoms with Crippen LogP contribution in [0, 0.1) is 0 Å². The maximum atomic E-state index is 12.4. The van der Waals surface area contributed by atoms with E-state index in [1.54, 1.807) is 0 Å². The van der Waals surface area contributed by atoms with Crippen molar-refractivity contribution in [3.8, 4) is 0 Å². The first-order valence-electron chi connectivity index (χ1n) is 6.94. The zero-order chi connectivity index (χ0) is 17.6. The Kier molecular flexibility index (Phi) is 3.93. The van der Waals surface area contributed by atoms with Gasteiger partial charge in [0.25, 0.3) is 5.91 Å². The molecule has 0 spiro atoms. The molecule has 0 saturated carbocycles. The predicted octanol–water partition coefficient (Wildman–Crippen LogP) is -2.92. The van der Waals surface area contributed by atoms with Crippen LogP contribution < -0.4 is 16.9 Å². The zero-order valence-electron chi connectivity index (χ0n) is 12.2. The van der Waals surface area contributed by atoms with Crippen molar-refractivity contribution in [3.05, 3.63) is 28.3 Å². The van der Waals surface area contributed by atoms with Crippen LogP contribution in [0.3, 0.4) is 0 Å². The minimum Gasteiger partial charge on any atom is -0.394 e. The minimum atomic E-state index is -1.44. The summed E-state index contributed by atoms with van der Waals surface area (Å²) in [5.74, 6) is -1.18. The van der Waals surface area contributed by atoms with Crippen molar-refractivity contribution in [1.29, 1.82) is 0 Å². The first-order valence-corrected chi connectivity index (χ1v) is 6.94. The number of anilines is 1. The third-order valence-corrected chi connectivity index (χ3v) is 3.90. The molecule has 7 N–H and O–H groups in total. The van der Waals surface area contributed by atoms with Gasteiger partial charge in [0.1, 0.15) is 41.4 Å². The second-order valence-electron chi connectivity index (χ2n) is 5.33. The number of aliphatic hydroxyl groups is 3. The van der Waals surface area contributed by atoms with E-state index in [4.69, 9.17) is 16.2 Å². The van der Waals surface area contributed by atoms with Gasteiger partial charge in [0.2, 0.25) is 5.43 Å². The summed E-state index contributed by atoms with van der Waals surface area (Å²) >= 11 is 0. The normalized spacial score (nSPS) is 26.8. The number of hydrogen-bond donors (Lipinski definition) is 5. The number of fused-ring (bicyclic) bond motifs is 1. The van der Waals surface area contributed by atoms with E-state index in [0.717, 1.165) is 12.5 Å². The number of aliphatic hydroxyl groups excluding tert-OH is 3. The molecule has 1 fully saturated rings. The van der Waals surface area contributed by atoms with Gasteiger partial charge in [0, 0.05) is 6.20 Å². The number of carbonyl (C=O) groups is 1. The molecule has 128 valence electrons. The Balaban J connectivity index is 2.29. The maximum absolute atomic E-state index is 12.4. The molecule has 11 nitrogen and oxygen atoms in total. The lowest BCUT2D eigenvalue weighted by Gasteiger charge is -2.21. The molecule has 11 heteroatoms. The van der Waals surface area contributed by atoms with Gasteiger partial charge in [-0.3, -0.25) is 9.59 Å². The van der Waals surface area contributed by atoms with Gasteiger partial charge in [-0.25, -0.2) is 9.97 Å². The van der Waals surface area contributed by atoms with E-state index < -0.39 is 48.0 Å². The van der Waals surface area contributed by atoms with E-state index in [1.807, 2.05) is 0 Å². The molecule has 1 saturated heterocycles. The average Bonchev–Trinajstić information content (AvgIpc) is 2.83. The van der Waals surface area contributed by atoms with Crippen LogP contribution >= 0.6 is 0 Å². The first kappa shape index (κ1) is 16.3. The number of primary amides is 1. The second-order valence-corrected chi connectivity index (χ2v) is 5.33. The highest BCUT2D eigenvalue weighted by molar-refractivity contribution is 5.97. The van der Waals surface area contributed by atoms with Gasteiger partial charge in [-0.1, -0.05) is 0 Å². The number of nitrogen functional groups attached to an aromatic ring is 1. The number of nitrogens with two attached hydrogens (primary N) is 2. The molecule has 1 aliphatic heterocycles.